The molecule has 0 bridgehead atoms. The van der Waals surface area contributed by atoms with Gasteiger partial charge >= 0.3 is 0 Å². The largest absolute Gasteiger partial charge is 0.332 e. The molecule has 0 aliphatic carbocycles. The first-order chi connectivity index (χ1) is 14.9. The fourth-order valence-electron chi connectivity index (χ4n) is 3.14. The molecule has 0 radical (unpaired) electrons. The molecule has 0 spiro atoms. The van der Waals surface area contributed by atoms with Crippen LogP contribution in [-0.4, -0.2) is 26.0 Å². The van der Waals surface area contributed by atoms with Gasteiger partial charge in [-0.1, -0.05) is 36.7 Å². The van der Waals surface area contributed by atoms with Crippen molar-refractivity contribution in [1.82, 2.24) is 20.3 Å². The van der Waals surface area contributed by atoms with Crippen LogP contribution < -0.4 is 10.6 Å². The van der Waals surface area contributed by atoms with Crippen molar-refractivity contribution in [3.05, 3.63) is 82.4 Å². The standard InChI is InChI=1S/C23H20ClN5OS/c1-3-15-7-9-18(10-8-15)29-27-20-11-14(2)19(13-21(20)28-29)25-23(31)26-22(30)16-5-4-6-17(24)12-16/h4-13H,3H2,1-2H3,(H2,25,26,30,31). The van der Waals surface area contributed by atoms with E-state index in [0.717, 1.165) is 34.4 Å². The van der Waals surface area contributed by atoms with Gasteiger partial charge in [-0.2, -0.15) is 4.80 Å². The third-order valence-corrected chi connectivity index (χ3v) is 5.30. The Morgan fingerprint density at radius 2 is 1.77 bits per heavy atom. The monoisotopic (exact) mass is 449 g/mol. The van der Waals surface area contributed by atoms with Crippen molar-refractivity contribution in [3.63, 3.8) is 0 Å². The number of nitrogens with zero attached hydrogens (tertiary/aromatic N) is 3. The Balaban J connectivity index is 1.53. The Kier molecular flexibility index (Phi) is 5.97. The minimum atomic E-state index is -0.333. The highest BCUT2D eigenvalue weighted by Crippen LogP contribution is 2.22. The van der Waals surface area contributed by atoms with E-state index in [1.807, 2.05) is 31.2 Å². The lowest BCUT2D eigenvalue weighted by atomic mass is 10.2. The summed E-state index contributed by atoms with van der Waals surface area (Å²) in [6.07, 6.45) is 0.983. The van der Waals surface area contributed by atoms with E-state index in [0.29, 0.717) is 10.6 Å². The number of nitrogens with one attached hydrogen (secondary N) is 2. The molecular weight excluding hydrogens is 430 g/mol. The van der Waals surface area contributed by atoms with Crippen LogP contribution in [0.4, 0.5) is 5.69 Å². The van der Waals surface area contributed by atoms with Crippen LogP contribution in [0.25, 0.3) is 16.7 Å². The van der Waals surface area contributed by atoms with Crippen LogP contribution in [-0.2, 0) is 6.42 Å². The predicted molar refractivity (Wildman–Crippen MR) is 128 cm³/mol. The molecule has 31 heavy (non-hydrogen) atoms. The fourth-order valence-corrected chi connectivity index (χ4v) is 3.53. The Bertz CT molecular complexity index is 1280. The summed E-state index contributed by atoms with van der Waals surface area (Å²) >= 11 is 11.3. The van der Waals surface area contributed by atoms with E-state index in [1.54, 1.807) is 29.1 Å². The van der Waals surface area contributed by atoms with Crippen LogP contribution in [0.2, 0.25) is 5.02 Å². The average molecular weight is 450 g/mol. The van der Waals surface area contributed by atoms with Crippen molar-refractivity contribution in [2.24, 2.45) is 0 Å². The number of hydrogen-bond acceptors (Lipinski definition) is 4. The number of anilines is 1. The number of rotatable bonds is 4. The molecule has 1 amide bonds. The van der Waals surface area contributed by atoms with Gasteiger partial charge < -0.3 is 5.32 Å². The highest BCUT2D eigenvalue weighted by molar-refractivity contribution is 7.80. The first kappa shape index (κ1) is 21.0. The van der Waals surface area contributed by atoms with Crippen molar-refractivity contribution in [1.29, 1.82) is 0 Å². The van der Waals surface area contributed by atoms with Gasteiger partial charge in [-0.05, 0) is 79.2 Å². The summed E-state index contributed by atoms with van der Waals surface area (Å²) in [5, 5.41) is 15.6. The number of hydrogen-bond donors (Lipinski definition) is 2. The first-order valence-electron chi connectivity index (χ1n) is 9.78. The fraction of sp³-hybridized carbons (Fsp3) is 0.130. The van der Waals surface area contributed by atoms with Gasteiger partial charge in [0.2, 0.25) is 0 Å². The lowest BCUT2D eigenvalue weighted by Crippen LogP contribution is -2.34. The van der Waals surface area contributed by atoms with Crippen molar-refractivity contribution in [2.45, 2.75) is 20.3 Å². The van der Waals surface area contributed by atoms with Crippen LogP contribution >= 0.6 is 23.8 Å². The molecule has 0 atom stereocenters. The number of carbonyl (C=O) groups is 1. The maximum atomic E-state index is 12.4. The molecule has 0 fully saturated rings. The van der Waals surface area contributed by atoms with Crippen molar-refractivity contribution in [3.8, 4) is 5.69 Å². The molecule has 4 aromatic rings. The number of carbonyl (C=O) groups excluding carboxylic acids is 1. The second-order valence-corrected chi connectivity index (χ2v) is 7.93. The van der Waals surface area contributed by atoms with Crippen LogP contribution in [0.15, 0.2) is 60.7 Å². The van der Waals surface area contributed by atoms with Gasteiger partial charge in [0, 0.05) is 16.3 Å². The summed E-state index contributed by atoms with van der Waals surface area (Å²) in [5.41, 5.74) is 5.76. The number of amides is 1. The molecule has 4 rings (SSSR count). The molecule has 1 aromatic heterocycles. The van der Waals surface area contributed by atoms with E-state index in [2.05, 4.69) is 39.9 Å². The zero-order chi connectivity index (χ0) is 22.0. The van der Waals surface area contributed by atoms with Gasteiger partial charge in [0.15, 0.2) is 5.11 Å². The zero-order valence-electron chi connectivity index (χ0n) is 17.0. The summed E-state index contributed by atoms with van der Waals surface area (Å²) in [5.74, 6) is -0.333. The van der Waals surface area contributed by atoms with Gasteiger partial charge in [0.1, 0.15) is 11.0 Å². The van der Waals surface area contributed by atoms with Crippen LogP contribution in [0.5, 0.6) is 0 Å². The second-order valence-electron chi connectivity index (χ2n) is 7.08. The van der Waals surface area contributed by atoms with Gasteiger partial charge in [0.05, 0.1) is 5.69 Å². The summed E-state index contributed by atoms with van der Waals surface area (Å²) in [6.45, 7) is 4.06. The number of benzene rings is 3. The molecule has 3 aromatic carbocycles. The summed E-state index contributed by atoms with van der Waals surface area (Å²) in [6, 6.07) is 18.6. The molecule has 2 N–H and O–H groups in total. The number of aryl methyl sites for hydroxylation is 2. The lowest BCUT2D eigenvalue weighted by molar-refractivity contribution is 0.0977. The van der Waals surface area contributed by atoms with E-state index in [4.69, 9.17) is 23.8 Å². The SMILES string of the molecule is CCc1ccc(-n2nc3cc(C)c(NC(=S)NC(=O)c4cccc(Cl)c4)cc3n2)cc1. The van der Waals surface area contributed by atoms with Gasteiger partial charge in [-0.25, -0.2) is 0 Å². The topological polar surface area (TPSA) is 71.8 Å². The van der Waals surface area contributed by atoms with Crippen molar-refractivity contribution < 1.29 is 4.79 Å². The van der Waals surface area contributed by atoms with E-state index >= 15 is 0 Å². The molecule has 0 saturated heterocycles. The number of halogens is 1. The lowest BCUT2D eigenvalue weighted by Gasteiger charge is -2.11. The summed E-state index contributed by atoms with van der Waals surface area (Å²) in [4.78, 5) is 14.0. The molecule has 0 aliphatic rings. The number of aromatic nitrogens is 3. The quantitative estimate of drug-likeness (QED) is 0.425. The molecule has 0 unspecified atom stereocenters. The highest BCUT2D eigenvalue weighted by atomic mass is 35.5. The maximum absolute atomic E-state index is 12.4. The number of fused-ring (bicyclic) bond motifs is 1. The number of thiocarbonyl (C=S) groups is 1. The van der Waals surface area contributed by atoms with E-state index in [9.17, 15) is 4.79 Å². The molecule has 0 saturated carbocycles. The Morgan fingerprint density at radius 3 is 2.45 bits per heavy atom. The minimum Gasteiger partial charge on any atom is -0.332 e. The highest BCUT2D eigenvalue weighted by Gasteiger charge is 2.12. The summed E-state index contributed by atoms with van der Waals surface area (Å²) in [7, 11) is 0. The van der Waals surface area contributed by atoms with Crippen LogP contribution in [0, 0.1) is 6.92 Å². The van der Waals surface area contributed by atoms with Crippen molar-refractivity contribution >= 4 is 51.6 Å². The zero-order valence-corrected chi connectivity index (χ0v) is 18.6. The van der Waals surface area contributed by atoms with E-state index < -0.39 is 0 Å². The summed E-state index contributed by atoms with van der Waals surface area (Å²) < 4.78 is 0. The van der Waals surface area contributed by atoms with Gasteiger partial charge in [-0.3, -0.25) is 10.1 Å². The second kappa shape index (κ2) is 8.83. The third-order valence-electron chi connectivity index (χ3n) is 4.86. The molecule has 8 heteroatoms. The van der Waals surface area contributed by atoms with Crippen LogP contribution in [0.3, 0.4) is 0 Å². The van der Waals surface area contributed by atoms with Gasteiger partial charge in [0.25, 0.3) is 5.91 Å². The van der Waals surface area contributed by atoms with E-state index in [1.165, 1.54) is 5.56 Å². The Hall–Kier alpha value is -3.29. The van der Waals surface area contributed by atoms with Crippen LogP contribution in [0.1, 0.15) is 28.4 Å². The Morgan fingerprint density at radius 1 is 1.06 bits per heavy atom. The predicted octanol–water partition coefficient (Wildman–Crippen LogP) is 5.07. The molecule has 156 valence electrons. The Labute approximate surface area is 190 Å². The molecule has 0 aliphatic heterocycles. The van der Waals surface area contributed by atoms with Gasteiger partial charge in [-0.15, -0.1) is 10.2 Å². The van der Waals surface area contributed by atoms with E-state index in [-0.39, 0.29) is 11.0 Å². The first-order valence-corrected chi connectivity index (χ1v) is 10.6. The molecule has 6 nitrogen and oxygen atoms in total. The maximum Gasteiger partial charge on any atom is 0.257 e. The third kappa shape index (κ3) is 4.73. The minimum absolute atomic E-state index is 0.190. The average Bonchev–Trinajstić information content (AvgIpc) is 3.16. The van der Waals surface area contributed by atoms with Crippen molar-refractivity contribution in [2.75, 3.05) is 5.32 Å². The smallest absolute Gasteiger partial charge is 0.257 e. The molecular formula is C23H20ClN5OS. The normalized spacial score (nSPS) is 10.8. The molecule has 1 heterocycles.